The molecule has 0 bridgehead atoms. The summed E-state index contributed by atoms with van der Waals surface area (Å²) in [5.74, 6) is 0. The largest absolute Gasteiger partial charge is 0.192 e. The van der Waals surface area contributed by atoms with Crippen molar-refractivity contribution in [2.75, 3.05) is 0 Å². The van der Waals surface area contributed by atoms with E-state index in [0.717, 1.165) is 12.8 Å². The van der Waals surface area contributed by atoms with E-state index in [-0.39, 0.29) is 5.41 Å². The van der Waals surface area contributed by atoms with Crippen LogP contribution in [0.1, 0.15) is 36.5 Å². The quantitative estimate of drug-likeness (QED) is 0.755. The molecule has 0 radical (unpaired) electrons. The second-order valence-electron chi connectivity index (χ2n) is 5.76. The van der Waals surface area contributed by atoms with Gasteiger partial charge in [-0.2, -0.15) is 5.26 Å². The number of rotatable bonds is 3. The van der Waals surface area contributed by atoms with E-state index >= 15 is 0 Å². The van der Waals surface area contributed by atoms with E-state index in [9.17, 15) is 0 Å². The van der Waals surface area contributed by atoms with Gasteiger partial charge in [0.15, 0.2) is 0 Å². The molecule has 0 saturated carbocycles. The number of allylic oxidation sites excluding steroid dienone is 4. The van der Waals surface area contributed by atoms with Crippen molar-refractivity contribution < 1.29 is 0 Å². The fourth-order valence-corrected chi connectivity index (χ4v) is 3.08. The second kappa shape index (κ2) is 6.03. The summed E-state index contributed by atoms with van der Waals surface area (Å²) in [7, 11) is 0. The number of nitriles is 1. The zero-order valence-electron chi connectivity index (χ0n) is 12.8. The summed E-state index contributed by atoms with van der Waals surface area (Å²) in [5.41, 5.74) is 4.61. The average molecular weight is 285 g/mol. The van der Waals surface area contributed by atoms with E-state index in [1.807, 2.05) is 24.3 Å². The molecule has 0 heterocycles. The molecule has 2 aromatic rings. The standard InChI is InChI=1S/C21H19N/c1-2-21(20-6-4-3-5-7-20)14-12-19(13-15-21)18-10-8-17(16-22)9-11-18/h3-14H,2,15H2,1H3. The highest BCUT2D eigenvalue weighted by Gasteiger charge is 2.28. The molecule has 1 heteroatoms. The third-order valence-corrected chi connectivity index (χ3v) is 4.60. The lowest BCUT2D eigenvalue weighted by atomic mass is 9.72. The predicted octanol–water partition coefficient (Wildman–Crippen LogP) is 5.25. The molecule has 22 heavy (non-hydrogen) atoms. The van der Waals surface area contributed by atoms with Crippen LogP contribution in [0.3, 0.4) is 0 Å². The highest BCUT2D eigenvalue weighted by atomic mass is 14.3. The minimum atomic E-state index is 0.108. The molecular weight excluding hydrogens is 266 g/mol. The van der Waals surface area contributed by atoms with Gasteiger partial charge in [0.2, 0.25) is 0 Å². The lowest BCUT2D eigenvalue weighted by Gasteiger charge is -2.32. The number of benzene rings is 2. The zero-order chi connectivity index (χ0) is 15.4. The molecule has 0 saturated heterocycles. The Morgan fingerprint density at radius 2 is 1.77 bits per heavy atom. The van der Waals surface area contributed by atoms with Crippen molar-refractivity contribution in [3.8, 4) is 6.07 Å². The van der Waals surface area contributed by atoms with Gasteiger partial charge in [-0.05, 0) is 41.7 Å². The van der Waals surface area contributed by atoms with Gasteiger partial charge >= 0.3 is 0 Å². The van der Waals surface area contributed by atoms with E-state index in [4.69, 9.17) is 5.26 Å². The first-order valence-corrected chi connectivity index (χ1v) is 7.73. The van der Waals surface area contributed by atoms with E-state index in [0.29, 0.717) is 5.56 Å². The van der Waals surface area contributed by atoms with Gasteiger partial charge in [0.1, 0.15) is 0 Å². The van der Waals surface area contributed by atoms with Crippen LogP contribution < -0.4 is 0 Å². The Morgan fingerprint density at radius 3 is 2.32 bits per heavy atom. The molecule has 1 aliphatic carbocycles. The van der Waals surface area contributed by atoms with Crippen molar-refractivity contribution in [1.29, 1.82) is 5.26 Å². The fraction of sp³-hybridized carbons (Fsp3) is 0.190. The predicted molar refractivity (Wildman–Crippen MR) is 91.3 cm³/mol. The normalized spacial score (nSPS) is 20.3. The molecule has 0 aromatic heterocycles. The van der Waals surface area contributed by atoms with Gasteiger partial charge in [-0.15, -0.1) is 0 Å². The maximum absolute atomic E-state index is 8.89. The first kappa shape index (κ1) is 14.4. The summed E-state index contributed by atoms with van der Waals surface area (Å²) in [6.07, 6.45) is 8.99. The van der Waals surface area contributed by atoms with Gasteiger partial charge in [-0.3, -0.25) is 0 Å². The lowest BCUT2D eigenvalue weighted by Crippen LogP contribution is -2.23. The molecule has 1 aliphatic rings. The van der Waals surface area contributed by atoms with Crippen LogP contribution in [-0.2, 0) is 5.41 Å². The van der Waals surface area contributed by atoms with Crippen molar-refractivity contribution in [3.63, 3.8) is 0 Å². The molecule has 0 spiro atoms. The Kier molecular flexibility index (Phi) is 3.94. The van der Waals surface area contributed by atoms with Crippen molar-refractivity contribution in [2.24, 2.45) is 0 Å². The summed E-state index contributed by atoms with van der Waals surface area (Å²) in [6, 6.07) is 20.7. The minimum absolute atomic E-state index is 0.108. The summed E-state index contributed by atoms with van der Waals surface area (Å²) in [6.45, 7) is 2.25. The van der Waals surface area contributed by atoms with Gasteiger partial charge in [-0.25, -0.2) is 0 Å². The van der Waals surface area contributed by atoms with Gasteiger partial charge < -0.3 is 0 Å². The van der Waals surface area contributed by atoms with Crippen molar-refractivity contribution in [1.82, 2.24) is 0 Å². The molecule has 0 aliphatic heterocycles. The van der Waals surface area contributed by atoms with Gasteiger partial charge in [0.05, 0.1) is 11.6 Å². The monoisotopic (exact) mass is 285 g/mol. The highest BCUT2D eigenvalue weighted by molar-refractivity contribution is 5.76. The Balaban J connectivity index is 1.88. The lowest BCUT2D eigenvalue weighted by molar-refractivity contribution is 0.519. The van der Waals surface area contributed by atoms with Crippen molar-refractivity contribution in [3.05, 3.63) is 89.5 Å². The van der Waals surface area contributed by atoms with Gasteiger partial charge in [0.25, 0.3) is 0 Å². The zero-order valence-corrected chi connectivity index (χ0v) is 12.8. The fourth-order valence-electron chi connectivity index (χ4n) is 3.08. The number of hydrogen-bond donors (Lipinski definition) is 0. The summed E-state index contributed by atoms with van der Waals surface area (Å²) in [5, 5.41) is 8.89. The van der Waals surface area contributed by atoms with Crippen molar-refractivity contribution >= 4 is 5.57 Å². The molecule has 108 valence electrons. The molecule has 3 rings (SSSR count). The van der Waals surface area contributed by atoms with Crippen LogP contribution >= 0.6 is 0 Å². The molecule has 1 unspecified atom stereocenters. The molecule has 0 N–H and O–H groups in total. The maximum atomic E-state index is 8.89. The van der Waals surface area contributed by atoms with Crippen molar-refractivity contribution in [2.45, 2.75) is 25.2 Å². The Morgan fingerprint density at radius 1 is 1.05 bits per heavy atom. The molecule has 2 aromatic carbocycles. The van der Waals surface area contributed by atoms with Crippen LogP contribution in [0.2, 0.25) is 0 Å². The van der Waals surface area contributed by atoms with E-state index in [1.165, 1.54) is 16.7 Å². The second-order valence-corrected chi connectivity index (χ2v) is 5.76. The molecular formula is C21H19N. The Labute approximate surface area is 132 Å². The first-order valence-electron chi connectivity index (χ1n) is 7.73. The van der Waals surface area contributed by atoms with Crippen LogP contribution in [0.4, 0.5) is 0 Å². The highest BCUT2D eigenvalue weighted by Crippen LogP contribution is 2.38. The molecule has 1 nitrogen and oxygen atoms in total. The third-order valence-electron chi connectivity index (χ3n) is 4.60. The Bertz CT molecular complexity index is 745. The van der Waals surface area contributed by atoms with Gasteiger partial charge in [0, 0.05) is 5.41 Å². The SMILES string of the molecule is CCC1(c2ccccc2)C=CC(c2ccc(C#N)cc2)=CC1. The molecule has 0 amide bonds. The average Bonchev–Trinajstić information content (AvgIpc) is 2.63. The first-order chi connectivity index (χ1) is 10.8. The topological polar surface area (TPSA) is 23.8 Å². The smallest absolute Gasteiger partial charge is 0.0991 e. The molecule has 0 fully saturated rings. The van der Waals surface area contributed by atoms with Crippen LogP contribution in [0.15, 0.2) is 72.8 Å². The third kappa shape index (κ3) is 2.61. The van der Waals surface area contributed by atoms with Crippen LogP contribution in [-0.4, -0.2) is 0 Å². The van der Waals surface area contributed by atoms with E-state index in [2.05, 4.69) is 61.6 Å². The number of nitrogens with zero attached hydrogens (tertiary/aromatic N) is 1. The Hall–Kier alpha value is -2.59. The maximum Gasteiger partial charge on any atom is 0.0991 e. The summed E-state index contributed by atoms with van der Waals surface area (Å²) < 4.78 is 0. The minimum Gasteiger partial charge on any atom is -0.192 e. The molecule has 1 atom stereocenters. The summed E-state index contributed by atoms with van der Waals surface area (Å²) >= 11 is 0. The number of hydrogen-bond acceptors (Lipinski definition) is 1. The van der Waals surface area contributed by atoms with Gasteiger partial charge in [-0.1, -0.05) is 67.6 Å². The summed E-state index contributed by atoms with van der Waals surface area (Å²) in [4.78, 5) is 0. The van der Waals surface area contributed by atoms with E-state index in [1.54, 1.807) is 0 Å². The van der Waals surface area contributed by atoms with Crippen LogP contribution in [0.25, 0.3) is 5.57 Å². The van der Waals surface area contributed by atoms with E-state index < -0.39 is 0 Å². The van der Waals surface area contributed by atoms with Crippen LogP contribution in [0, 0.1) is 11.3 Å². The van der Waals surface area contributed by atoms with Crippen LogP contribution in [0.5, 0.6) is 0 Å².